The Kier molecular flexibility index (Phi) is 3.64. The summed E-state index contributed by atoms with van der Waals surface area (Å²) in [4.78, 5) is 0. The standard InChI is InChI=1S/C13H22N2O/c1-3-10-9-11(4-2)15(14-10)12-7-5-6-8-13(12)16/h9,12-13,16H,3-8H2,1-2H3/t12-,13-/m1/s1. The summed E-state index contributed by atoms with van der Waals surface area (Å²) >= 11 is 0. The van der Waals surface area contributed by atoms with Crippen LogP contribution in [0.5, 0.6) is 0 Å². The summed E-state index contributed by atoms with van der Waals surface area (Å²) in [5.74, 6) is 0. The lowest BCUT2D eigenvalue weighted by atomic mass is 9.92. The van der Waals surface area contributed by atoms with Crippen LogP contribution in [0.25, 0.3) is 0 Å². The molecule has 1 heterocycles. The van der Waals surface area contributed by atoms with Crippen molar-refractivity contribution in [1.29, 1.82) is 0 Å². The minimum Gasteiger partial charge on any atom is -0.391 e. The molecule has 1 aliphatic rings. The van der Waals surface area contributed by atoms with Crippen LogP contribution in [0.1, 0.15) is 57.0 Å². The number of hydrogen-bond donors (Lipinski definition) is 1. The highest BCUT2D eigenvalue weighted by Gasteiger charge is 2.26. The van der Waals surface area contributed by atoms with Crippen LogP contribution < -0.4 is 0 Å². The topological polar surface area (TPSA) is 38.0 Å². The lowest BCUT2D eigenvalue weighted by Crippen LogP contribution is -2.29. The van der Waals surface area contributed by atoms with E-state index in [-0.39, 0.29) is 12.1 Å². The molecule has 0 amide bonds. The van der Waals surface area contributed by atoms with E-state index in [1.165, 1.54) is 12.1 Å². The number of nitrogens with zero attached hydrogens (tertiary/aromatic N) is 2. The monoisotopic (exact) mass is 222 g/mol. The fourth-order valence-corrected chi connectivity index (χ4v) is 2.59. The van der Waals surface area contributed by atoms with Gasteiger partial charge in [0.15, 0.2) is 0 Å². The van der Waals surface area contributed by atoms with Gasteiger partial charge in [-0.25, -0.2) is 0 Å². The lowest BCUT2D eigenvalue weighted by Gasteiger charge is -2.29. The molecule has 3 nitrogen and oxygen atoms in total. The fourth-order valence-electron chi connectivity index (χ4n) is 2.59. The summed E-state index contributed by atoms with van der Waals surface area (Å²) in [7, 11) is 0. The van der Waals surface area contributed by atoms with Crippen molar-refractivity contribution < 1.29 is 5.11 Å². The molecule has 90 valence electrons. The average Bonchev–Trinajstić information content (AvgIpc) is 2.72. The smallest absolute Gasteiger partial charge is 0.0781 e. The van der Waals surface area contributed by atoms with Crippen LogP contribution in [0.4, 0.5) is 0 Å². The third kappa shape index (κ3) is 2.14. The molecular weight excluding hydrogens is 200 g/mol. The molecule has 1 saturated carbocycles. The fraction of sp³-hybridized carbons (Fsp3) is 0.769. The first-order valence-corrected chi connectivity index (χ1v) is 6.51. The summed E-state index contributed by atoms with van der Waals surface area (Å²) in [6, 6.07) is 2.39. The first kappa shape index (κ1) is 11.6. The normalized spacial score (nSPS) is 25.9. The zero-order valence-electron chi connectivity index (χ0n) is 10.3. The van der Waals surface area contributed by atoms with Gasteiger partial charge in [-0.1, -0.05) is 26.7 Å². The van der Waals surface area contributed by atoms with Crippen LogP contribution in [0, 0.1) is 0 Å². The van der Waals surface area contributed by atoms with Crippen LogP contribution in [0.15, 0.2) is 6.07 Å². The molecule has 0 aliphatic heterocycles. The Labute approximate surface area is 97.5 Å². The van der Waals surface area contributed by atoms with E-state index in [9.17, 15) is 5.11 Å². The van der Waals surface area contributed by atoms with Crippen molar-refractivity contribution in [2.24, 2.45) is 0 Å². The van der Waals surface area contributed by atoms with Gasteiger partial charge in [0, 0.05) is 5.69 Å². The third-order valence-corrected chi connectivity index (χ3v) is 3.60. The van der Waals surface area contributed by atoms with Crippen molar-refractivity contribution in [3.63, 3.8) is 0 Å². The van der Waals surface area contributed by atoms with Gasteiger partial charge in [0.05, 0.1) is 17.8 Å². The van der Waals surface area contributed by atoms with E-state index >= 15 is 0 Å². The Hall–Kier alpha value is -0.830. The van der Waals surface area contributed by atoms with Crippen molar-refractivity contribution in [3.8, 4) is 0 Å². The highest BCUT2D eigenvalue weighted by atomic mass is 16.3. The van der Waals surface area contributed by atoms with Crippen LogP contribution in [0.3, 0.4) is 0 Å². The Bertz CT molecular complexity index is 346. The number of aryl methyl sites for hydroxylation is 2. The Morgan fingerprint density at radius 2 is 2.06 bits per heavy atom. The summed E-state index contributed by atoms with van der Waals surface area (Å²) in [5, 5.41) is 14.7. The van der Waals surface area contributed by atoms with Gasteiger partial charge in [-0.2, -0.15) is 5.10 Å². The van der Waals surface area contributed by atoms with E-state index in [1.807, 2.05) is 0 Å². The maximum Gasteiger partial charge on any atom is 0.0781 e. The van der Waals surface area contributed by atoms with Crippen molar-refractivity contribution in [3.05, 3.63) is 17.5 Å². The second-order valence-corrected chi connectivity index (χ2v) is 4.70. The average molecular weight is 222 g/mol. The molecule has 1 fully saturated rings. The number of aliphatic hydroxyl groups excluding tert-OH is 1. The van der Waals surface area contributed by atoms with Crippen LogP contribution in [-0.4, -0.2) is 21.0 Å². The van der Waals surface area contributed by atoms with Gasteiger partial charge < -0.3 is 5.11 Å². The van der Waals surface area contributed by atoms with Gasteiger partial charge in [0.1, 0.15) is 0 Å². The van der Waals surface area contributed by atoms with Crippen LogP contribution in [-0.2, 0) is 12.8 Å². The van der Waals surface area contributed by atoms with Gasteiger partial charge in [0.25, 0.3) is 0 Å². The van der Waals surface area contributed by atoms with E-state index in [1.54, 1.807) is 0 Å². The molecule has 1 N–H and O–H groups in total. The van der Waals surface area contributed by atoms with Gasteiger partial charge in [-0.3, -0.25) is 4.68 Å². The molecule has 0 radical (unpaired) electrons. The third-order valence-electron chi connectivity index (χ3n) is 3.60. The molecule has 16 heavy (non-hydrogen) atoms. The maximum atomic E-state index is 10.1. The number of rotatable bonds is 3. The summed E-state index contributed by atoms with van der Waals surface area (Å²) in [5.41, 5.74) is 2.41. The lowest BCUT2D eigenvalue weighted by molar-refractivity contribution is 0.0678. The molecule has 2 rings (SSSR count). The molecule has 0 bridgehead atoms. The highest BCUT2D eigenvalue weighted by Crippen LogP contribution is 2.29. The Morgan fingerprint density at radius 3 is 2.69 bits per heavy atom. The quantitative estimate of drug-likeness (QED) is 0.853. The SMILES string of the molecule is CCc1cc(CC)n([C@@H]2CCCC[C@H]2O)n1. The Morgan fingerprint density at radius 1 is 1.31 bits per heavy atom. The molecule has 1 aromatic heterocycles. The van der Waals surface area contributed by atoms with Crippen LogP contribution >= 0.6 is 0 Å². The Balaban J connectivity index is 2.26. The van der Waals surface area contributed by atoms with Crippen molar-refractivity contribution in [1.82, 2.24) is 9.78 Å². The van der Waals surface area contributed by atoms with Crippen molar-refractivity contribution in [2.75, 3.05) is 0 Å². The second-order valence-electron chi connectivity index (χ2n) is 4.70. The molecule has 3 heteroatoms. The van der Waals surface area contributed by atoms with E-state index in [4.69, 9.17) is 0 Å². The van der Waals surface area contributed by atoms with Crippen molar-refractivity contribution >= 4 is 0 Å². The largest absolute Gasteiger partial charge is 0.391 e. The molecule has 1 aromatic rings. The predicted octanol–water partition coefficient (Wildman–Crippen LogP) is 2.48. The number of hydrogen-bond acceptors (Lipinski definition) is 2. The van der Waals surface area contributed by atoms with E-state index in [0.29, 0.717) is 0 Å². The van der Waals surface area contributed by atoms with Gasteiger partial charge in [-0.15, -0.1) is 0 Å². The highest BCUT2D eigenvalue weighted by molar-refractivity contribution is 5.11. The van der Waals surface area contributed by atoms with E-state index in [2.05, 4.69) is 29.7 Å². The molecular formula is C13H22N2O. The number of aromatic nitrogens is 2. The maximum absolute atomic E-state index is 10.1. The summed E-state index contributed by atoms with van der Waals surface area (Å²) in [6.07, 6.45) is 6.13. The molecule has 0 unspecified atom stereocenters. The molecule has 0 spiro atoms. The zero-order chi connectivity index (χ0) is 11.5. The van der Waals surface area contributed by atoms with Gasteiger partial charge >= 0.3 is 0 Å². The van der Waals surface area contributed by atoms with E-state index < -0.39 is 0 Å². The summed E-state index contributed by atoms with van der Waals surface area (Å²) < 4.78 is 2.09. The van der Waals surface area contributed by atoms with Gasteiger partial charge in [0.2, 0.25) is 0 Å². The first-order chi connectivity index (χ1) is 7.76. The molecule has 1 aliphatic carbocycles. The predicted molar refractivity (Wildman–Crippen MR) is 64.5 cm³/mol. The molecule has 0 aromatic carbocycles. The second kappa shape index (κ2) is 5.00. The number of aliphatic hydroxyl groups is 1. The van der Waals surface area contributed by atoms with E-state index in [0.717, 1.165) is 37.8 Å². The minimum atomic E-state index is -0.205. The molecule has 2 atom stereocenters. The summed E-state index contributed by atoms with van der Waals surface area (Å²) in [6.45, 7) is 4.28. The van der Waals surface area contributed by atoms with Gasteiger partial charge in [-0.05, 0) is 31.7 Å². The molecule has 0 saturated heterocycles. The minimum absolute atomic E-state index is 0.205. The zero-order valence-corrected chi connectivity index (χ0v) is 10.3. The van der Waals surface area contributed by atoms with Crippen LogP contribution in [0.2, 0.25) is 0 Å². The van der Waals surface area contributed by atoms with Crippen molar-refractivity contribution in [2.45, 2.75) is 64.5 Å². The first-order valence-electron chi connectivity index (χ1n) is 6.51.